The first kappa shape index (κ1) is 26.3. The molecule has 2 amide bonds. The van der Waals surface area contributed by atoms with Crippen LogP contribution in [0.25, 0.3) is 0 Å². The van der Waals surface area contributed by atoms with Crippen LogP contribution < -0.4 is 15.5 Å². The topological polar surface area (TPSA) is 120 Å². The number of morpholine rings is 1. The summed E-state index contributed by atoms with van der Waals surface area (Å²) in [5, 5.41) is 17.4. The van der Waals surface area contributed by atoms with E-state index in [4.69, 9.17) is 4.74 Å². The average molecular weight is 503 g/mol. The van der Waals surface area contributed by atoms with Crippen molar-refractivity contribution in [2.45, 2.75) is 38.8 Å². The number of piperazine rings is 1. The molecular weight excluding hydrogens is 464 g/mol. The summed E-state index contributed by atoms with van der Waals surface area (Å²) in [6.07, 6.45) is 1.30. The molecule has 1 aromatic carbocycles. The van der Waals surface area contributed by atoms with Gasteiger partial charge in [-0.05, 0) is 44.9 Å². The van der Waals surface area contributed by atoms with E-state index in [1.165, 1.54) is 6.07 Å². The first-order valence-electron chi connectivity index (χ1n) is 13.0. The van der Waals surface area contributed by atoms with Crippen LogP contribution in [-0.4, -0.2) is 104 Å². The summed E-state index contributed by atoms with van der Waals surface area (Å²) in [7, 11) is 0. The van der Waals surface area contributed by atoms with Crippen molar-refractivity contribution < 1.29 is 19.2 Å². The van der Waals surface area contributed by atoms with E-state index in [1.54, 1.807) is 12.1 Å². The summed E-state index contributed by atoms with van der Waals surface area (Å²) in [5.41, 5.74) is 1.83. The lowest BCUT2D eigenvalue weighted by Gasteiger charge is -2.49. The van der Waals surface area contributed by atoms with E-state index in [9.17, 15) is 19.7 Å². The van der Waals surface area contributed by atoms with Crippen molar-refractivity contribution in [3.05, 3.63) is 33.9 Å². The summed E-state index contributed by atoms with van der Waals surface area (Å²) < 4.78 is 5.39. The van der Waals surface area contributed by atoms with Gasteiger partial charge in [-0.1, -0.05) is 0 Å². The summed E-state index contributed by atoms with van der Waals surface area (Å²) in [5.74, 6) is -0.397. The normalized spacial score (nSPS) is 22.6. The van der Waals surface area contributed by atoms with Gasteiger partial charge in [0.25, 0.3) is 5.69 Å². The Labute approximate surface area is 212 Å². The molecule has 0 aliphatic carbocycles. The van der Waals surface area contributed by atoms with Crippen molar-refractivity contribution in [3.8, 4) is 0 Å². The molecule has 2 fully saturated rings. The monoisotopic (exact) mass is 502 g/mol. The molecule has 0 saturated carbocycles. The SMILES string of the molecule is CC(C)NC(=O)CN1CCN2c3ccc([N+](=O)[O-])cc3C[C@@H](C(=O)NCCCN3CCOCC3)[C@H]2C1. The Kier molecular flexibility index (Phi) is 8.76. The predicted octanol–water partition coefficient (Wildman–Crippen LogP) is 0.621. The number of carbonyl (C=O) groups is 2. The Balaban J connectivity index is 1.44. The quantitative estimate of drug-likeness (QED) is 0.287. The summed E-state index contributed by atoms with van der Waals surface area (Å²) in [6.45, 7) is 11.0. The van der Waals surface area contributed by atoms with Crippen LogP contribution in [0.4, 0.5) is 11.4 Å². The van der Waals surface area contributed by atoms with Gasteiger partial charge in [-0.25, -0.2) is 0 Å². The predicted molar refractivity (Wildman–Crippen MR) is 136 cm³/mol. The molecule has 0 bridgehead atoms. The van der Waals surface area contributed by atoms with Crippen molar-refractivity contribution >= 4 is 23.2 Å². The van der Waals surface area contributed by atoms with Crippen molar-refractivity contribution in [3.63, 3.8) is 0 Å². The van der Waals surface area contributed by atoms with Crippen LogP contribution in [-0.2, 0) is 20.7 Å². The molecule has 0 spiro atoms. The number of fused-ring (bicyclic) bond motifs is 3. The molecule has 0 radical (unpaired) electrons. The fraction of sp³-hybridized carbons (Fsp3) is 0.680. The molecule has 0 aromatic heterocycles. The van der Waals surface area contributed by atoms with Gasteiger partial charge in [0.1, 0.15) is 0 Å². The third kappa shape index (κ3) is 6.51. The molecule has 11 nitrogen and oxygen atoms in total. The molecular formula is C25H38N6O5. The summed E-state index contributed by atoms with van der Waals surface area (Å²) in [4.78, 5) is 43.4. The largest absolute Gasteiger partial charge is 0.379 e. The fourth-order valence-electron chi connectivity index (χ4n) is 5.47. The van der Waals surface area contributed by atoms with E-state index in [0.717, 1.165) is 50.5 Å². The number of ether oxygens (including phenoxy) is 1. The third-order valence-corrected chi connectivity index (χ3v) is 7.20. The van der Waals surface area contributed by atoms with Crippen LogP contribution in [0.1, 0.15) is 25.8 Å². The lowest BCUT2D eigenvalue weighted by Crippen LogP contribution is -2.62. The zero-order chi connectivity index (χ0) is 25.7. The van der Waals surface area contributed by atoms with E-state index < -0.39 is 4.92 Å². The molecule has 4 rings (SSSR count). The minimum atomic E-state index is -0.391. The smallest absolute Gasteiger partial charge is 0.269 e. The van der Waals surface area contributed by atoms with Crippen LogP contribution in [0, 0.1) is 16.0 Å². The van der Waals surface area contributed by atoms with Crippen molar-refractivity contribution in [2.75, 3.05) is 70.5 Å². The van der Waals surface area contributed by atoms with Crippen LogP contribution in [0.2, 0.25) is 0 Å². The zero-order valence-corrected chi connectivity index (χ0v) is 21.3. The second kappa shape index (κ2) is 12.0. The standard InChI is InChI=1S/C25H38N6O5/c1-18(2)27-24(32)17-29-8-9-30-22-5-4-20(31(34)35)14-19(22)15-21(23(30)16-29)25(33)26-6-3-7-28-10-12-36-13-11-28/h4-5,14,18,21,23H,3,6-13,15-17H2,1-2H3,(H,26,33)(H,27,32)/t21-,23-/m1/s1. The maximum absolute atomic E-state index is 13.4. The number of rotatable bonds is 9. The van der Waals surface area contributed by atoms with Gasteiger partial charge in [0.05, 0.1) is 36.6 Å². The van der Waals surface area contributed by atoms with Gasteiger partial charge >= 0.3 is 0 Å². The number of non-ortho nitro benzene ring substituents is 1. The van der Waals surface area contributed by atoms with Crippen LogP contribution in [0.15, 0.2) is 18.2 Å². The van der Waals surface area contributed by atoms with E-state index in [0.29, 0.717) is 39.1 Å². The Morgan fingerprint density at radius 2 is 1.94 bits per heavy atom. The van der Waals surface area contributed by atoms with Gasteiger partial charge in [0.2, 0.25) is 11.8 Å². The van der Waals surface area contributed by atoms with Gasteiger partial charge in [0, 0.05) is 63.1 Å². The van der Waals surface area contributed by atoms with Crippen LogP contribution in [0.5, 0.6) is 0 Å². The van der Waals surface area contributed by atoms with Crippen molar-refractivity contribution in [1.29, 1.82) is 0 Å². The van der Waals surface area contributed by atoms with Crippen molar-refractivity contribution in [2.24, 2.45) is 5.92 Å². The van der Waals surface area contributed by atoms with Gasteiger partial charge in [-0.3, -0.25) is 29.5 Å². The fourth-order valence-corrected chi connectivity index (χ4v) is 5.47. The Hall–Kier alpha value is -2.76. The van der Waals surface area contributed by atoms with Crippen LogP contribution >= 0.6 is 0 Å². The average Bonchev–Trinajstić information content (AvgIpc) is 2.85. The number of nitro groups is 1. The highest BCUT2D eigenvalue weighted by molar-refractivity contribution is 5.82. The molecule has 11 heteroatoms. The van der Waals surface area contributed by atoms with Crippen LogP contribution in [0.3, 0.4) is 0 Å². The van der Waals surface area contributed by atoms with Gasteiger partial charge < -0.3 is 20.3 Å². The Bertz CT molecular complexity index is 951. The highest BCUT2D eigenvalue weighted by Crippen LogP contribution is 2.37. The molecule has 2 atom stereocenters. The first-order chi connectivity index (χ1) is 17.3. The minimum absolute atomic E-state index is 0.0191. The number of carbonyl (C=O) groups excluding carboxylic acids is 2. The molecule has 3 aliphatic heterocycles. The first-order valence-corrected chi connectivity index (χ1v) is 13.0. The van der Waals surface area contributed by atoms with Gasteiger partial charge in [-0.2, -0.15) is 0 Å². The van der Waals surface area contributed by atoms with Gasteiger partial charge in [0.15, 0.2) is 0 Å². The molecule has 3 heterocycles. The lowest BCUT2D eigenvalue weighted by molar-refractivity contribution is -0.384. The molecule has 2 N–H and O–H groups in total. The number of benzene rings is 1. The van der Waals surface area contributed by atoms with Crippen molar-refractivity contribution in [1.82, 2.24) is 20.4 Å². The minimum Gasteiger partial charge on any atom is -0.379 e. The molecule has 3 aliphatic rings. The Morgan fingerprint density at radius 3 is 2.67 bits per heavy atom. The number of hydrogen-bond donors (Lipinski definition) is 2. The van der Waals surface area contributed by atoms with Gasteiger partial charge in [-0.15, -0.1) is 0 Å². The molecule has 1 aromatic rings. The molecule has 0 unspecified atom stereocenters. The number of anilines is 1. The van der Waals surface area contributed by atoms with E-state index in [2.05, 4.69) is 25.3 Å². The van der Waals surface area contributed by atoms with E-state index in [1.807, 2.05) is 13.8 Å². The van der Waals surface area contributed by atoms with E-state index in [-0.39, 0.29) is 35.5 Å². The highest BCUT2D eigenvalue weighted by Gasteiger charge is 2.42. The lowest BCUT2D eigenvalue weighted by atomic mass is 9.83. The second-order valence-corrected chi connectivity index (χ2v) is 10.2. The number of hydrogen-bond acceptors (Lipinski definition) is 8. The van der Waals surface area contributed by atoms with E-state index >= 15 is 0 Å². The molecule has 2 saturated heterocycles. The maximum atomic E-state index is 13.4. The maximum Gasteiger partial charge on any atom is 0.269 e. The Morgan fingerprint density at radius 1 is 1.17 bits per heavy atom. The number of nitro benzene ring substituents is 1. The highest BCUT2D eigenvalue weighted by atomic mass is 16.6. The molecule has 198 valence electrons. The summed E-state index contributed by atoms with van der Waals surface area (Å²) >= 11 is 0. The zero-order valence-electron chi connectivity index (χ0n) is 21.3. The third-order valence-electron chi connectivity index (χ3n) is 7.20. The number of nitrogens with one attached hydrogen (secondary N) is 2. The molecule has 36 heavy (non-hydrogen) atoms. The number of nitrogens with zero attached hydrogens (tertiary/aromatic N) is 4. The second-order valence-electron chi connectivity index (χ2n) is 10.2. The summed E-state index contributed by atoms with van der Waals surface area (Å²) in [6, 6.07) is 4.92. The number of amides is 2.